The number of pyridine rings is 1. The van der Waals surface area contributed by atoms with Gasteiger partial charge in [0.1, 0.15) is 6.07 Å². The monoisotopic (exact) mass is 345 g/mol. The second-order valence-electron chi connectivity index (χ2n) is 5.28. The number of hydrogen-bond donors (Lipinski definition) is 1. The summed E-state index contributed by atoms with van der Waals surface area (Å²) in [7, 11) is 1.58. The van der Waals surface area contributed by atoms with Gasteiger partial charge in [0.25, 0.3) is 0 Å². The number of nitriles is 1. The Kier molecular flexibility index (Phi) is 5.88. The summed E-state index contributed by atoms with van der Waals surface area (Å²) in [6, 6.07) is 7.75. The molecule has 24 heavy (non-hydrogen) atoms. The zero-order valence-electron chi connectivity index (χ0n) is 14.2. The molecule has 0 bridgehead atoms. The van der Waals surface area contributed by atoms with Crippen LogP contribution in [-0.2, 0) is 6.54 Å². The average molecular weight is 346 g/mol. The smallest absolute Gasteiger partial charge is 0.179 e. The maximum Gasteiger partial charge on any atom is 0.179 e. The molecule has 2 aromatic rings. The number of methoxy groups -OCH3 is 1. The first-order chi connectivity index (χ1) is 11.5. The number of rotatable bonds is 6. The summed E-state index contributed by atoms with van der Waals surface area (Å²) in [6.45, 7) is 6.63. The van der Waals surface area contributed by atoms with Crippen LogP contribution in [0.1, 0.15) is 29.4 Å². The number of benzene rings is 1. The molecule has 0 aliphatic carbocycles. The molecule has 0 aliphatic rings. The van der Waals surface area contributed by atoms with Crippen LogP contribution in [-0.4, -0.2) is 18.7 Å². The Hall–Kier alpha value is -2.45. The van der Waals surface area contributed by atoms with Gasteiger partial charge in [0, 0.05) is 12.2 Å². The van der Waals surface area contributed by atoms with Crippen molar-refractivity contribution in [1.29, 1.82) is 5.26 Å². The summed E-state index contributed by atoms with van der Waals surface area (Å²) in [5, 5.41) is 13.1. The van der Waals surface area contributed by atoms with Gasteiger partial charge in [0.05, 0.1) is 35.7 Å². The van der Waals surface area contributed by atoms with E-state index in [4.69, 9.17) is 21.1 Å². The van der Waals surface area contributed by atoms with E-state index >= 15 is 0 Å². The Labute approximate surface area is 147 Å². The lowest BCUT2D eigenvalue weighted by atomic mass is 10.1. The first-order valence-electron chi connectivity index (χ1n) is 7.61. The van der Waals surface area contributed by atoms with E-state index in [2.05, 4.69) is 16.4 Å². The molecule has 0 fully saturated rings. The molecule has 1 aromatic heterocycles. The maximum atomic E-state index is 9.32. The van der Waals surface area contributed by atoms with E-state index in [1.807, 2.05) is 39.0 Å². The number of aromatic nitrogens is 1. The van der Waals surface area contributed by atoms with Gasteiger partial charge < -0.3 is 14.8 Å². The summed E-state index contributed by atoms with van der Waals surface area (Å²) in [4.78, 5) is 4.31. The molecular weight excluding hydrogens is 326 g/mol. The Morgan fingerprint density at radius 2 is 2.04 bits per heavy atom. The minimum atomic E-state index is 0.496. The lowest BCUT2D eigenvalue weighted by Crippen LogP contribution is -2.05. The van der Waals surface area contributed by atoms with Crippen molar-refractivity contribution in [3.8, 4) is 17.6 Å². The van der Waals surface area contributed by atoms with Crippen LogP contribution in [0.3, 0.4) is 0 Å². The highest BCUT2D eigenvalue weighted by atomic mass is 35.5. The molecule has 0 atom stereocenters. The van der Waals surface area contributed by atoms with Crippen LogP contribution in [0.25, 0.3) is 0 Å². The largest absolute Gasteiger partial charge is 0.493 e. The van der Waals surface area contributed by atoms with Gasteiger partial charge in [0.15, 0.2) is 11.5 Å². The van der Waals surface area contributed by atoms with Crippen LogP contribution in [0.2, 0.25) is 5.02 Å². The van der Waals surface area contributed by atoms with E-state index < -0.39 is 0 Å². The molecule has 6 heteroatoms. The molecule has 126 valence electrons. The zero-order chi connectivity index (χ0) is 17.7. The lowest BCUT2D eigenvalue weighted by molar-refractivity contribution is 0.311. The second kappa shape index (κ2) is 7.89. The number of hydrogen-bond acceptors (Lipinski definition) is 5. The van der Waals surface area contributed by atoms with Crippen molar-refractivity contribution in [3.63, 3.8) is 0 Å². The van der Waals surface area contributed by atoms with Gasteiger partial charge in [-0.25, -0.2) is 0 Å². The molecule has 0 radical (unpaired) electrons. The van der Waals surface area contributed by atoms with Crippen LogP contribution >= 0.6 is 11.6 Å². The van der Waals surface area contributed by atoms with E-state index in [0.717, 1.165) is 16.9 Å². The number of anilines is 1. The minimum Gasteiger partial charge on any atom is -0.493 e. The minimum absolute atomic E-state index is 0.496. The predicted molar refractivity (Wildman–Crippen MR) is 94.9 cm³/mol. The zero-order valence-corrected chi connectivity index (χ0v) is 15.0. The molecular formula is C18H20ClN3O2. The van der Waals surface area contributed by atoms with Gasteiger partial charge >= 0.3 is 0 Å². The molecule has 1 aromatic carbocycles. The van der Waals surface area contributed by atoms with Gasteiger partial charge in [-0.3, -0.25) is 4.98 Å². The molecule has 0 saturated heterocycles. The van der Waals surface area contributed by atoms with E-state index in [0.29, 0.717) is 40.9 Å². The van der Waals surface area contributed by atoms with Gasteiger partial charge in [0.2, 0.25) is 0 Å². The SMILES string of the molecule is CCOc1c(Cl)cc(CNc2cc(C)nc(C)c2C#N)cc1OC. The number of halogens is 1. The topological polar surface area (TPSA) is 67.2 Å². The summed E-state index contributed by atoms with van der Waals surface area (Å²) in [6.07, 6.45) is 0. The van der Waals surface area contributed by atoms with Crippen molar-refractivity contribution in [2.45, 2.75) is 27.3 Å². The molecule has 0 amide bonds. The summed E-state index contributed by atoms with van der Waals surface area (Å²) >= 11 is 6.29. The van der Waals surface area contributed by atoms with Crippen molar-refractivity contribution >= 4 is 17.3 Å². The third kappa shape index (κ3) is 3.90. The van der Waals surface area contributed by atoms with E-state index in [9.17, 15) is 5.26 Å². The average Bonchev–Trinajstić information content (AvgIpc) is 2.54. The van der Waals surface area contributed by atoms with Crippen LogP contribution < -0.4 is 14.8 Å². The molecule has 0 spiro atoms. The third-order valence-corrected chi connectivity index (χ3v) is 3.78. The number of ether oxygens (including phenoxy) is 2. The fourth-order valence-electron chi connectivity index (χ4n) is 2.47. The Balaban J connectivity index is 2.27. The Morgan fingerprint density at radius 3 is 2.67 bits per heavy atom. The van der Waals surface area contributed by atoms with Gasteiger partial charge in [-0.05, 0) is 44.5 Å². The van der Waals surface area contributed by atoms with Gasteiger partial charge in [-0.15, -0.1) is 0 Å². The molecule has 0 unspecified atom stereocenters. The molecule has 1 N–H and O–H groups in total. The standard InChI is InChI=1S/C18H20ClN3O2/c1-5-24-18-15(19)7-13(8-17(18)23-4)10-21-16-6-11(2)22-12(3)14(16)9-20/h6-8H,5,10H2,1-4H3,(H,21,22). The van der Waals surface area contributed by atoms with E-state index in [1.165, 1.54) is 0 Å². The molecule has 5 nitrogen and oxygen atoms in total. The van der Waals surface area contributed by atoms with Crippen molar-refractivity contribution in [1.82, 2.24) is 4.98 Å². The van der Waals surface area contributed by atoms with Crippen molar-refractivity contribution in [2.24, 2.45) is 0 Å². The van der Waals surface area contributed by atoms with Crippen molar-refractivity contribution in [2.75, 3.05) is 19.0 Å². The van der Waals surface area contributed by atoms with Crippen LogP contribution in [0.4, 0.5) is 5.69 Å². The van der Waals surface area contributed by atoms with Crippen molar-refractivity contribution in [3.05, 3.63) is 45.7 Å². The third-order valence-electron chi connectivity index (χ3n) is 3.50. The first-order valence-corrected chi connectivity index (χ1v) is 7.99. The highest BCUT2D eigenvalue weighted by Gasteiger charge is 2.13. The highest BCUT2D eigenvalue weighted by molar-refractivity contribution is 6.32. The fourth-order valence-corrected chi connectivity index (χ4v) is 2.75. The molecule has 2 rings (SSSR count). The highest BCUT2D eigenvalue weighted by Crippen LogP contribution is 2.36. The van der Waals surface area contributed by atoms with Crippen LogP contribution in [0.5, 0.6) is 11.5 Å². The van der Waals surface area contributed by atoms with Crippen molar-refractivity contribution < 1.29 is 9.47 Å². The molecule has 0 aliphatic heterocycles. The quantitative estimate of drug-likeness (QED) is 0.848. The first kappa shape index (κ1) is 17.9. The van der Waals surface area contributed by atoms with Crippen LogP contribution in [0, 0.1) is 25.2 Å². The maximum absolute atomic E-state index is 9.32. The Bertz CT molecular complexity index is 785. The number of nitrogens with one attached hydrogen (secondary N) is 1. The van der Waals surface area contributed by atoms with E-state index in [-0.39, 0.29) is 0 Å². The van der Waals surface area contributed by atoms with Gasteiger partial charge in [-0.2, -0.15) is 5.26 Å². The summed E-state index contributed by atoms with van der Waals surface area (Å²) in [5.74, 6) is 1.13. The molecule has 0 saturated carbocycles. The second-order valence-corrected chi connectivity index (χ2v) is 5.69. The summed E-state index contributed by atoms with van der Waals surface area (Å²) in [5.41, 5.74) is 3.80. The Morgan fingerprint density at radius 1 is 1.29 bits per heavy atom. The predicted octanol–water partition coefficient (Wildman–Crippen LogP) is 4.24. The number of nitrogens with zero attached hydrogens (tertiary/aromatic N) is 2. The summed E-state index contributed by atoms with van der Waals surface area (Å²) < 4.78 is 10.9. The van der Waals surface area contributed by atoms with Gasteiger partial charge in [-0.1, -0.05) is 11.6 Å². The normalized spacial score (nSPS) is 10.2. The fraction of sp³-hybridized carbons (Fsp3) is 0.333. The van der Waals surface area contributed by atoms with E-state index in [1.54, 1.807) is 7.11 Å². The molecule has 1 heterocycles. The van der Waals surface area contributed by atoms with Crippen LogP contribution in [0.15, 0.2) is 18.2 Å². The number of aryl methyl sites for hydroxylation is 2. The lowest BCUT2D eigenvalue weighted by Gasteiger charge is -2.15.